The van der Waals surface area contributed by atoms with Gasteiger partial charge < -0.3 is 11.1 Å². The average molecular weight is 395 g/mol. The van der Waals surface area contributed by atoms with E-state index in [1.165, 1.54) is 18.4 Å². The zero-order valence-electron chi connectivity index (χ0n) is 12.1. The van der Waals surface area contributed by atoms with Crippen molar-refractivity contribution in [3.63, 3.8) is 0 Å². The third-order valence-corrected chi connectivity index (χ3v) is 3.56. The topological polar surface area (TPSA) is 50.4 Å². The summed E-state index contributed by atoms with van der Waals surface area (Å²) in [5.41, 5.74) is 7.08. The Bertz CT molecular complexity index is 350. The molecule has 3 N–H and O–H groups in total. The molecule has 1 aromatic heterocycles. The molecule has 1 heterocycles. The molecule has 3 nitrogen and oxygen atoms in total. The van der Waals surface area contributed by atoms with Gasteiger partial charge >= 0.3 is 0 Å². The van der Waals surface area contributed by atoms with E-state index in [9.17, 15) is 0 Å². The van der Waals surface area contributed by atoms with Crippen molar-refractivity contribution >= 4 is 41.3 Å². The summed E-state index contributed by atoms with van der Waals surface area (Å²) in [5.74, 6) is 1.33. The fourth-order valence-corrected chi connectivity index (χ4v) is 2.42. The molecule has 0 saturated carbocycles. The molecule has 5 heteroatoms. The summed E-state index contributed by atoms with van der Waals surface area (Å²) in [6, 6.07) is 2.48. The zero-order chi connectivity index (χ0) is 13.4. The first-order valence-corrected chi connectivity index (χ1v) is 7.59. The molecule has 0 fully saturated rings. The molecule has 0 aliphatic carbocycles. The predicted molar refractivity (Wildman–Crippen MR) is 96.3 cm³/mol. The van der Waals surface area contributed by atoms with E-state index >= 15 is 0 Å². The molecule has 0 spiro atoms. The summed E-state index contributed by atoms with van der Waals surface area (Å²) >= 11 is 1.69. The lowest BCUT2D eigenvalue weighted by Crippen LogP contribution is -2.38. The van der Waals surface area contributed by atoms with Crippen molar-refractivity contribution in [3.8, 4) is 0 Å². The van der Waals surface area contributed by atoms with Crippen LogP contribution in [0.5, 0.6) is 0 Å². The molecular formula is C14H26IN3S. The van der Waals surface area contributed by atoms with Crippen LogP contribution in [0.2, 0.25) is 0 Å². The highest BCUT2D eigenvalue weighted by atomic mass is 127. The summed E-state index contributed by atoms with van der Waals surface area (Å²) in [5, 5.41) is 7.41. The highest BCUT2D eigenvalue weighted by Gasteiger charge is 2.03. The van der Waals surface area contributed by atoms with Crippen LogP contribution < -0.4 is 11.1 Å². The van der Waals surface area contributed by atoms with Gasteiger partial charge in [-0.2, -0.15) is 11.3 Å². The van der Waals surface area contributed by atoms with Gasteiger partial charge in [0.2, 0.25) is 0 Å². The van der Waals surface area contributed by atoms with Crippen LogP contribution >= 0.6 is 35.3 Å². The Hall–Kier alpha value is -0.300. The second kappa shape index (κ2) is 10.5. The van der Waals surface area contributed by atoms with Gasteiger partial charge in [0.25, 0.3) is 0 Å². The van der Waals surface area contributed by atoms with Crippen molar-refractivity contribution in [1.29, 1.82) is 0 Å². The molecule has 0 radical (unpaired) electrons. The van der Waals surface area contributed by atoms with Crippen LogP contribution in [0.1, 0.15) is 45.6 Å². The first kappa shape index (κ1) is 18.7. The van der Waals surface area contributed by atoms with E-state index in [1.807, 2.05) is 0 Å². The van der Waals surface area contributed by atoms with Crippen LogP contribution in [-0.2, 0) is 6.54 Å². The minimum atomic E-state index is 0. The molecule has 0 aromatic carbocycles. The fraction of sp³-hybridized carbons (Fsp3) is 0.643. The van der Waals surface area contributed by atoms with Crippen molar-refractivity contribution in [2.75, 3.05) is 0 Å². The van der Waals surface area contributed by atoms with Gasteiger partial charge in [-0.15, -0.1) is 24.0 Å². The maximum atomic E-state index is 5.87. The number of nitrogens with zero attached hydrogens (tertiary/aromatic N) is 1. The molecule has 0 saturated heterocycles. The summed E-state index contributed by atoms with van der Waals surface area (Å²) in [6.07, 6.45) is 3.66. The molecule has 0 aliphatic heterocycles. The first-order chi connectivity index (χ1) is 8.58. The molecule has 0 bridgehead atoms. The van der Waals surface area contributed by atoms with Crippen molar-refractivity contribution in [3.05, 3.63) is 22.4 Å². The summed E-state index contributed by atoms with van der Waals surface area (Å²) in [4.78, 5) is 4.34. The van der Waals surface area contributed by atoms with E-state index < -0.39 is 0 Å². The lowest BCUT2D eigenvalue weighted by atomic mass is 10.0. The van der Waals surface area contributed by atoms with Gasteiger partial charge in [0.05, 0.1) is 6.54 Å². The Labute approximate surface area is 138 Å². The first-order valence-electron chi connectivity index (χ1n) is 6.65. The van der Waals surface area contributed by atoms with Gasteiger partial charge in [-0.3, -0.25) is 0 Å². The standard InChI is InChI=1S/C14H25N3S.HI/c1-11(2)5-4-6-12(3)17-14(15)16-9-13-7-8-18-10-13;/h7-8,10-12H,4-6,9H2,1-3H3,(H3,15,16,17);1H. The lowest BCUT2D eigenvalue weighted by molar-refractivity contribution is 0.493. The Balaban J connectivity index is 0.00000324. The molecular weight excluding hydrogens is 369 g/mol. The average Bonchev–Trinajstić information content (AvgIpc) is 2.78. The zero-order valence-corrected chi connectivity index (χ0v) is 15.2. The third-order valence-electron chi connectivity index (χ3n) is 2.82. The lowest BCUT2D eigenvalue weighted by Gasteiger charge is -2.14. The number of hydrogen-bond acceptors (Lipinski definition) is 2. The number of halogens is 1. The van der Waals surface area contributed by atoms with Crippen LogP contribution in [0.3, 0.4) is 0 Å². The number of guanidine groups is 1. The number of nitrogens with one attached hydrogen (secondary N) is 1. The van der Waals surface area contributed by atoms with Gasteiger partial charge in [-0.1, -0.05) is 26.7 Å². The van der Waals surface area contributed by atoms with Crippen LogP contribution in [0.25, 0.3) is 0 Å². The van der Waals surface area contributed by atoms with E-state index in [1.54, 1.807) is 11.3 Å². The normalized spacial score (nSPS) is 13.2. The largest absolute Gasteiger partial charge is 0.370 e. The van der Waals surface area contributed by atoms with Crippen LogP contribution in [0.4, 0.5) is 0 Å². The predicted octanol–water partition coefficient (Wildman–Crippen LogP) is 3.99. The highest BCUT2D eigenvalue weighted by molar-refractivity contribution is 14.0. The van der Waals surface area contributed by atoms with E-state index in [0.717, 1.165) is 12.3 Å². The molecule has 110 valence electrons. The molecule has 0 amide bonds. The highest BCUT2D eigenvalue weighted by Crippen LogP contribution is 2.08. The molecule has 1 aromatic rings. The Morgan fingerprint density at radius 1 is 1.37 bits per heavy atom. The number of rotatable bonds is 7. The number of thiophene rings is 1. The van der Waals surface area contributed by atoms with Crippen molar-refractivity contribution in [2.24, 2.45) is 16.6 Å². The Kier molecular flexibility index (Phi) is 10.3. The SMILES string of the molecule is CC(C)CCCC(C)NC(N)=NCc1ccsc1.I. The molecule has 1 unspecified atom stereocenters. The minimum absolute atomic E-state index is 0. The maximum Gasteiger partial charge on any atom is 0.189 e. The second-order valence-corrected chi connectivity index (χ2v) is 5.98. The minimum Gasteiger partial charge on any atom is -0.370 e. The van der Waals surface area contributed by atoms with Crippen molar-refractivity contribution in [1.82, 2.24) is 5.32 Å². The van der Waals surface area contributed by atoms with E-state index in [4.69, 9.17) is 5.73 Å². The fourth-order valence-electron chi connectivity index (χ4n) is 1.76. The Morgan fingerprint density at radius 2 is 2.11 bits per heavy atom. The number of hydrogen-bond donors (Lipinski definition) is 2. The number of nitrogens with two attached hydrogens (primary N) is 1. The van der Waals surface area contributed by atoms with Crippen LogP contribution in [0, 0.1) is 5.92 Å². The van der Waals surface area contributed by atoms with E-state index in [2.05, 4.69) is 47.9 Å². The smallest absolute Gasteiger partial charge is 0.189 e. The molecule has 1 rings (SSSR count). The second-order valence-electron chi connectivity index (χ2n) is 5.20. The van der Waals surface area contributed by atoms with Gasteiger partial charge in [0.15, 0.2) is 5.96 Å². The maximum absolute atomic E-state index is 5.87. The van der Waals surface area contributed by atoms with Gasteiger partial charge in [0, 0.05) is 6.04 Å². The molecule has 0 aliphatic rings. The summed E-state index contributed by atoms with van der Waals surface area (Å²) in [6.45, 7) is 7.35. The number of aliphatic imine (C=N–C) groups is 1. The third kappa shape index (κ3) is 9.27. The van der Waals surface area contributed by atoms with Crippen molar-refractivity contribution in [2.45, 2.75) is 52.6 Å². The quantitative estimate of drug-likeness (QED) is 0.417. The van der Waals surface area contributed by atoms with Crippen molar-refractivity contribution < 1.29 is 0 Å². The van der Waals surface area contributed by atoms with E-state index in [-0.39, 0.29) is 24.0 Å². The van der Waals surface area contributed by atoms with Gasteiger partial charge in [-0.25, -0.2) is 4.99 Å². The molecule has 19 heavy (non-hydrogen) atoms. The molecule has 1 atom stereocenters. The Morgan fingerprint density at radius 3 is 2.68 bits per heavy atom. The van der Waals surface area contributed by atoms with Gasteiger partial charge in [0.1, 0.15) is 0 Å². The van der Waals surface area contributed by atoms with Crippen LogP contribution in [-0.4, -0.2) is 12.0 Å². The van der Waals surface area contributed by atoms with E-state index in [0.29, 0.717) is 18.5 Å². The van der Waals surface area contributed by atoms with Gasteiger partial charge in [-0.05, 0) is 41.7 Å². The monoisotopic (exact) mass is 395 g/mol. The summed E-state index contributed by atoms with van der Waals surface area (Å²) < 4.78 is 0. The van der Waals surface area contributed by atoms with Crippen LogP contribution in [0.15, 0.2) is 21.8 Å². The summed E-state index contributed by atoms with van der Waals surface area (Å²) in [7, 11) is 0.